The van der Waals surface area contributed by atoms with E-state index >= 15 is 0 Å². The molecule has 3 rings (SSSR count). The van der Waals surface area contributed by atoms with E-state index in [2.05, 4.69) is 22.8 Å². The third-order valence-electron chi connectivity index (χ3n) is 3.62. The fourth-order valence-electron chi connectivity index (χ4n) is 2.71. The second kappa shape index (κ2) is 6.10. The van der Waals surface area contributed by atoms with Crippen LogP contribution in [0.25, 0.3) is 0 Å². The summed E-state index contributed by atoms with van der Waals surface area (Å²) in [7, 11) is 0. The number of thiophene rings is 1. The predicted molar refractivity (Wildman–Crippen MR) is 88.7 cm³/mol. The van der Waals surface area contributed by atoms with Gasteiger partial charge in [0, 0.05) is 13.0 Å². The van der Waals surface area contributed by atoms with Crippen LogP contribution in [0.2, 0.25) is 4.34 Å². The van der Waals surface area contributed by atoms with Crippen LogP contribution < -0.4 is 10.6 Å². The Balaban J connectivity index is 1.72. The lowest BCUT2D eigenvalue weighted by molar-refractivity contribution is -0.114. The first kappa shape index (κ1) is 15.1. The molecule has 114 valence electrons. The van der Waals surface area contributed by atoms with E-state index in [0.717, 1.165) is 12.8 Å². The molecule has 0 atom stereocenters. The molecule has 2 aromatic rings. The Morgan fingerprint density at radius 2 is 1.86 bits per heavy atom. The first-order valence-electron chi connectivity index (χ1n) is 6.97. The van der Waals surface area contributed by atoms with Crippen molar-refractivity contribution in [2.24, 2.45) is 0 Å². The molecule has 6 heteroatoms. The van der Waals surface area contributed by atoms with Crippen LogP contribution in [-0.4, -0.2) is 17.9 Å². The predicted octanol–water partition coefficient (Wildman–Crippen LogP) is 3.26. The monoisotopic (exact) mass is 334 g/mol. The highest BCUT2D eigenvalue weighted by Crippen LogP contribution is 2.32. The van der Waals surface area contributed by atoms with E-state index in [0.29, 0.717) is 14.9 Å². The van der Waals surface area contributed by atoms with Crippen LogP contribution in [0.15, 0.2) is 30.3 Å². The first-order valence-corrected chi connectivity index (χ1v) is 8.17. The normalized spacial score (nSPS) is 13.7. The van der Waals surface area contributed by atoms with Gasteiger partial charge in [0.25, 0.3) is 5.91 Å². The van der Waals surface area contributed by atoms with Gasteiger partial charge in [0.1, 0.15) is 5.00 Å². The van der Waals surface area contributed by atoms with Crippen LogP contribution in [0.1, 0.15) is 28.4 Å². The van der Waals surface area contributed by atoms with Crippen LogP contribution in [0.5, 0.6) is 0 Å². The molecular formula is C16H15ClN2O2S. The highest BCUT2D eigenvalue weighted by atomic mass is 35.5. The van der Waals surface area contributed by atoms with E-state index in [1.165, 1.54) is 29.4 Å². The summed E-state index contributed by atoms with van der Waals surface area (Å²) in [5.74, 6) is -0.425. The van der Waals surface area contributed by atoms with Crippen LogP contribution in [0.3, 0.4) is 0 Å². The zero-order valence-corrected chi connectivity index (χ0v) is 13.6. The average Bonchev–Trinajstić information content (AvgIpc) is 3.00. The smallest absolute Gasteiger partial charge is 0.254 e. The van der Waals surface area contributed by atoms with Gasteiger partial charge in [-0.15, -0.1) is 11.3 Å². The van der Waals surface area contributed by atoms with Gasteiger partial charge in [-0.25, -0.2) is 0 Å². The molecule has 0 spiro atoms. The summed E-state index contributed by atoms with van der Waals surface area (Å²) >= 11 is 7.16. The lowest BCUT2D eigenvalue weighted by Crippen LogP contribution is -2.35. The lowest BCUT2D eigenvalue weighted by atomic mass is 10.1. The summed E-state index contributed by atoms with van der Waals surface area (Å²) in [6.07, 6.45) is 1.66. The van der Waals surface area contributed by atoms with Gasteiger partial charge in [0.2, 0.25) is 5.91 Å². The number of amides is 2. The molecule has 2 amide bonds. The molecule has 1 aromatic heterocycles. The Hall–Kier alpha value is -1.85. The van der Waals surface area contributed by atoms with Crippen molar-refractivity contribution in [1.29, 1.82) is 0 Å². The summed E-state index contributed by atoms with van der Waals surface area (Å²) in [6.45, 7) is 1.41. The van der Waals surface area contributed by atoms with Gasteiger partial charge in [-0.2, -0.15) is 0 Å². The molecule has 0 radical (unpaired) electrons. The van der Waals surface area contributed by atoms with Crippen molar-refractivity contribution < 1.29 is 9.59 Å². The van der Waals surface area contributed by atoms with Gasteiger partial charge in [-0.1, -0.05) is 35.9 Å². The molecule has 1 aliphatic rings. The van der Waals surface area contributed by atoms with Gasteiger partial charge >= 0.3 is 0 Å². The number of halogens is 1. The van der Waals surface area contributed by atoms with Gasteiger partial charge in [0.05, 0.1) is 9.90 Å². The van der Waals surface area contributed by atoms with E-state index in [1.807, 2.05) is 12.1 Å². The largest absolute Gasteiger partial charge is 0.349 e. The number of fused-ring (bicyclic) bond motifs is 1. The number of carbonyl (C=O) groups excluding carboxylic acids is 2. The third kappa shape index (κ3) is 3.15. The van der Waals surface area contributed by atoms with Crippen molar-refractivity contribution in [2.45, 2.75) is 25.8 Å². The Morgan fingerprint density at radius 1 is 1.23 bits per heavy atom. The maximum Gasteiger partial charge on any atom is 0.254 e. The quantitative estimate of drug-likeness (QED) is 0.905. The van der Waals surface area contributed by atoms with Gasteiger partial charge in [-0.3, -0.25) is 9.59 Å². The lowest BCUT2D eigenvalue weighted by Gasteiger charge is -2.12. The second-order valence-corrected chi connectivity index (χ2v) is 7.01. The summed E-state index contributed by atoms with van der Waals surface area (Å²) < 4.78 is 0.476. The number of nitrogens with one attached hydrogen (secondary N) is 2. The Bertz CT molecular complexity index is 716. The molecule has 22 heavy (non-hydrogen) atoms. The minimum Gasteiger partial charge on any atom is -0.349 e. The van der Waals surface area contributed by atoms with Gasteiger partial charge in [-0.05, 0) is 30.0 Å². The zero-order chi connectivity index (χ0) is 15.7. The molecular weight excluding hydrogens is 320 g/mol. The number of hydrogen-bond donors (Lipinski definition) is 2. The molecule has 0 fully saturated rings. The number of rotatable bonds is 3. The van der Waals surface area contributed by atoms with E-state index in [1.54, 1.807) is 6.07 Å². The van der Waals surface area contributed by atoms with Gasteiger partial charge in [0.15, 0.2) is 0 Å². The number of anilines is 1. The van der Waals surface area contributed by atoms with E-state index < -0.39 is 0 Å². The molecule has 2 N–H and O–H groups in total. The van der Waals surface area contributed by atoms with E-state index in [9.17, 15) is 9.59 Å². The van der Waals surface area contributed by atoms with Crippen molar-refractivity contribution >= 4 is 39.8 Å². The molecule has 1 heterocycles. The molecule has 0 saturated carbocycles. The highest BCUT2D eigenvalue weighted by molar-refractivity contribution is 7.20. The van der Waals surface area contributed by atoms with E-state index in [-0.39, 0.29) is 17.9 Å². The molecule has 0 bridgehead atoms. The fourth-order valence-corrected chi connectivity index (χ4v) is 3.88. The number of hydrogen-bond acceptors (Lipinski definition) is 3. The zero-order valence-electron chi connectivity index (χ0n) is 12.0. The molecule has 4 nitrogen and oxygen atoms in total. The fraction of sp³-hybridized carbons (Fsp3) is 0.250. The molecule has 1 aliphatic carbocycles. The standard InChI is InChI=1S/C16H15ClN2O2S/c1-9(20)18-16-13(8-14(17)22-16)15(21)19-12-6-10-4-2-3-5-11(10)7-12/h2-5,8,12H,6-7H2,1H3,(H,18,20)(H,19,21). The van der Waals surface area contributed by atoms with Crippen molar-refractivity contribution in [3.05, 3.63) is 51.4 Å². The van der Waals surface area contributed by atoms with Crippen molar-refractivity contribution in [1.82, 2.24) is 5.32 Å². The topological polar surface area (TPSA) is 58.2 Å². The van der Waals surface area contributed by atoms with Crippen molar-refractivity contribution in [3.63, 3.8) is 0 Å². The maximum atomic E-state index is 12.5. The van der Waals surface area contributed by atoms with Crippen LogP contribution in [0.4, 0.5) is 5.00 Å². The van der Waals surface area contributed by atoms with Gasteiger partial charge < -0.3 is 10.6 Å². The molecule has 0 saturated heterocycles. The minimum atomic E-state index is -0.221. The summed E-state index contributed by atoms with van der Waals surface area (Å²) in [6, 6.07) is 9.87. The maximum absolute atomic E-state index is 12.5. The van der Waals surface area contributed by atoms with Crippen molar-refractivity contribution in [2.75, 3.05) is 5.32 Å². The van der Waals surface area contributed by atoms with Crippen LogP contribution >= 0.6 is 22.9 Å². The molecule has 0 unspecified atom stereocenters. The minimum absolute atomic E-state index is 0.0775. The second-order valence-electron chi connectivity index (χ2n) is 5.32. The van der Waals surface area contributed by atoms with E-state index in [4.69, 9.17) is 11.6 Å². The van der Waals surface area contributed by atoms with Crippen molar-refractivity contribution in [3.8, 4) is 0 Å². The molecule has 0 aliphatic heterocycles. The molecule has 1 aromatic carbocycles. The number of carbonyl (C=O) groups is 2. The van der Waals surface area contributed by atoms with Crippen LogP contribution in [0, 0.1) is 0 Å². The summed E-state index contributed by atoms with van der Waals surface area (Å²) in [5, 5.41) is 6.17. The van der Waals surface area contributed by atoms with Crippen LogP contribution in [-0.2, 0) is 17.6 Å². The number of benzene rings is 1. The Labute approximate surface area is 137 Å². The summed E-state index contributed by atoms with van der Waals surface area (Å²) in [5.41, 5.74) is 2.97. The summed E-state index contributed by atoms with van der Waals surface area (Å²) in [4.78, 5) is 23.7. The highest BCUT2D eigenvalue weighted by Gasteiger charge is 2.24. The Morgan fingerprint density at radius 3 is 2.45 bits per heavy atom. The SMILES string of the molecule is CC(=O)Nc1sc(Cl)cc1C(=O)NC1Cc2ccccc2C1. The third-order valence-corrected chi connectivity index (χ3v) is 4.80. The Kier molecular flexibility index (Phi) is 4.18. The first-order chi connectivity index (χ1) is 10.5. The average molecular weight is 335 g/mol.